The molecule has 0 fully saturated rings. The summed E-state index contributed by atoms with van der Waals surface area (Å²) in [7, 11) is 3.69. The Morgan fingerprint density at radius 3 is 2.73 bits per heavy atom. The Morgan fingerprint density at radius 1 is 1.60 bits per heavy atom. The van der Waals surface area contributed by atoms with Crippen molar-refractivity contribution in [1.82, 2.24) is 5.01 Å². The average Bonchev–Trinajstić information content (AvgIpc) is 2.21. The quantitative estimate of drug-likeness (QED) is 0.409. The summed E-state index contributed by atoms with van der Waals surface area (Å²) in [4.78, 5) is 4.02. The van der Waals surface area contributed by atoms with E-state index in [4.69, 9.17) is 12.2 Å². The minimum Gasteiger partial charge on any atom is -0.326 e. The maximum Gasteiger partial charge on any atom is 0.0530 e. The molecule has 0 radical (unpaired) electrons. The van der Waals surface area contributed by atoms with Crippen LogP contribution in [0.1, 0.15) is 6.92 Å². The fourth-order valence-electron chi connectivity index (χ4n) is 0.735. The molecule has 15 heavy (non-hydrogen) atoms. The molecule has 1 atom stereocenters. The van der Waals surface area contributed by atoms with Gasteiger partial charge in [0.25, 0.3) is 0 Å². The van der Waals surface area contributed by atoms with Crippen LogP contribution in [-0.2, 0) is 0 Å². The van der Waals surface area contributed by atoms with Crippen molar-refractivity contribution in [2.75, 3.05) is 20.6 Å². The summed E-state index contributed by atoms with van der Waals surface area (Å²) in [5.41, 5.74) is 6.17. The number of hydrogen-bond donors (Lipinski definition) is 1. The van der Waals surface area contributed by atoms with E-state index in [1.54, 1.807) is 23.6 Å². The van der Waals surface area contributed by atoms with Gasteiger partial charge in [-0.05, 0) is 6.92 Å². The highest BCUT2D eigenvalue weighted by atomic mass is 15.4. The van der Waals surface area contributed by atoms with Crippen LogP contribution in [0, 0.1) is 18.3 Å². The Bertz CT molecular complexity index is 294. The second-order valence-electron chi connectivity index (χ2n) is 3.18. The van der Waals surface area contributed by atoms with E-state index in [0.717, 1.165) is 5.57 Å². The predicted molar refractivity (Wildman–Crippen MR) is 65.8 cm³/mol. The van der Waals surface area contributed by atoms with Crippen LogP contribution >= 0.6 is 0 Å². The lowest BCUT2D eigenvalue weighted by molar-refractivity contribution is 0.440. The van der Waals surface area contributed by atoms with Gasteiger partial charge in [0.2, 0.25) is 0 Å². The van der Waals surface area contributed by atoms with Crippen LogP contribution in [0.2, 0.25) is 0 Å². The third kappa shape index (κ3) is 6.47. The monoisotopic (exact) mass is 206 g/mol. The van der Waals surface area contributed by atoms with Crippen molar-refractivity contribution in [2.45, 2.75) is 6.92 Å². The number of hydrazone groups is 1. The molecular formula is C11H18N4. The van der Waals surface area contributed by atoms with Gasteiger partial charge in [0, 0.05) is 44.5 Å². The van der Waals surface area contributed by atoms with Gasteiger partial charge in [-0.15, -0.1) is 6.42 Å². The first-order chi connectivity index (χ1) is 7.11. The Balaban J connectivity index is 4.67. The lowest BCUT2D eigenvalue weighted by Gasteiger charge is -2.06. The van der Waals surface area contributed by atoms with Gasteiger partial charge in [-0.2, -0.15) is 5.10 Å². The van der Waals surface area contributed by atoms with Crippen LogP contribution in [0.25, 0.3) is 0 Å². The fraction of sp³-hybridized carbons (Fsp3) is 0.455. The summed E-state index contributed by atoms with van der Waals surface area (Å²) in [6, 6.07) is 0. The summed E-state index contributed by atoms with van der Waals surface area (Å²) in [6.45, 7) is 2.34. The van der Waals surface area contributed by atoms with Crippen LogP contribution in [0.5, 0.6) is 0 Å². The zero-order valence-corrected chi connectivity index (χ0v) is 9.51. The van der Waals surface area contributed by atoms with E-state index in [-0.39, 0.29) is 5.92 Å². The van der Waals surface area contributed by atoms with E-state index < -0.39 is 0 Å². The lowest BCUT2D eigenvalue weighted by Crippen LogP contribution is -2.05. The molecule has 0 saturated heterocycles. The van der Waals surface area contributed by atoms with Crippen LogP contribution in [-0.4, -0.2) is 38.1 Å². The molecule has 82 valence electrons. The number of terminal acetylenes is 1. The Hall–Kier alpha value is -1.60. The molecule has 0 heterocycles. The van der Waals surface area contributed by atoms with Gasteiger partial charge in [0.1, 0.15) is 0 Å². The molecule has 0 aromatic rings. The van der Waals surface area contributed by atoms with E-state index in [1.807, 2.05) is 21.0 Å². The molecule has 0 spiro atoms. The Kier molecular flexibility index (Phi) is 6.94. The van der Waals surface area contributed by atoms with Crippen molar-refractivity contribution in [1.29, 1.82) is 0 Å². The second-order valence-corrected chi connectivity index (χ2v) is 3.18. The van der Waals surface area contributed by atoms with Crippen molar-refractivity contribution in [3.63, 3.8) is 0 Å². The normalized spacial score (nSPS) is 14.5. The maximum atomic E-state index is 5.34. The zero-order chi connectivity index (χ0) is 11.7. The van der Waals surface area contributed by atoms with Crippen LogP contribution < -0.4 is 5.73 Å². The number of hydrogen-bond acceptors (Lipinski definition) is 4. The van der Waals surface area contributed by atoms with Gasteiger partial charge in [-0.1, -0.05) is 5.92 Å². The van der Waals surface area contributed by atoms with Crippen LogP contribution in [0.3, 0.4) is 0 Å². The standard InChI is InChI=1S/C11H18N4/c1-5-10(2)11(8-13-7-6-12)9-14-15(3)4/h1,7-10H,6,12H2,2-4H3/b11-8-,13-7?,14-9-. The molecule has 4 heteroatoms. The molecule has 4 nitrogen and oxygen atoms in total. The van der Waals surface area contributed by atoms with Crippen molar-refractivity contribution >= 4 is 12.4 Å². The predicted octanol–water partition coefficient (Wildman–Crippen LogP) is 0.716. The van der Waals surface area contributed by atoms with E-state index >= 15 is 0 Å². The zero-order valence-electron chi connectivity index (χ0n) is 9.51. The first kappa shape index (κ1) is 13.4. The average molecular weight is 206 g/mol. The molecule has 0 bridgehead atoms. The molecule has 1 unspecified atom stereocenters. The van der Waals surface area contributed by atoms with Crippen molar-refractivity contribution in [2.24, 2.45) is 21.7 Å². The summed E-state index contributed by atoms with van der Waals surface area (Å²) in [5, 5.41) is 5.81. The minimum absolute atomic E-state index is 0.0105. The number of nitrogens with two attached hydrogens (primary N) is 1. The van der Waals surface area contributed by atoms with Crippen molar-refractivity contribution < 1.29 is 0 Å². The van der Waals surface area contributed by atoms with Crippen molar-refractivity contribution in [3.05, 3.63) is 11.8 Å². The molecule has 0 aliphatic carbocycles. The first-order valence-electron chi connectivity index (χ1n) is 4.71. The van der Waals surface area contributed by atoms with Crippen molar-refractivity contribution in [3.8, 4) is 12.3 Å². The smallest absolute Gasteiger partial charge is 0.0530 e. The number of allylic oxidation sites excluding steroid dienone is 1. The fourth-order valence-corrected chi connectivity index (χ4v) is 0.735. The van der Waals surface area contributed by atoms with Crippen LogP contribution in [0.4, 0.5) is 0 Å². The topological polar surface area (TPSA) is 54.0 Å². The highest BCUT2D eigenvalue weighted by Gasteiger charge is 2.01. The molecular weight excluding hydrogens is 188 g/mol. The van der Waals surface area contributed by atoms with Gasteiger partial charge >= 0.3 is 0 Å². The molecule has 0 aliphatic rings. The van der Waals surface area contributed by atoms with Crippen LogP contribution in [0.15, 0.2) is 21.9 Å². The Labute approximate surface area is 91.6 Å². The molecule has 0 amide bonds. The van der Waals surface area contributed by atoms with E-state index in [2.05, 4.69) is 16.0 Å². The largest absolute Gasteiger partial charge is 0.326 e. The van der Waals surface area contributed by atoms with E-state index in [0.29, 0.717) is 6.54 Å². The number of rotatable bonds is 5. The maximum absolute atomic E-state index is 5.34. The van der Waals surface area contributed by atoms with E-state index in [1.165, 1.54) is 0 Å². The van der Waals surface area contributed by atoms with Gasteiger partial charge in [-0.25, -0.2) is 0 Å². The first-order valence-corrected chi connectivity index (χ1v) is 4.71. The number of aliphatic imine (C=N–C) groups is 1. The summed E-state index contributed by atoms with van der Waals surface area (Å²) < 4.78 is 0. The van der Waals surface area contributed by atoms with Gasteiger partial charge in [-0.3, -0.25) is 4.99 Å². The third-order valence-electron chi connectivity index (χ3n) is 1.62. The molecule has 0 aromatic heterocycles. The van der Waals surface area contributed by atoms with Gasteiger partial charge < -0.3 is 10.7 Å². The molecule has 0 rings (SSSR count). The Morgan fingerprint density at radius 2 is 2.27 bits per heavy atom. The SMILES string of the molecule is C#CC(C)C(/C=N\N(C)C)=C\N=CCN. The third-order valence-corrected chi connectivity index (χ3v) is 1.62. The number of nitrogens with zero attached hydrogens (tertiary/aromatic N) is 3. The highest BCUT2D eigenvalue weighted by molar-refractivity contribution is 5.80. The lowest BCUT2D eigenvalue weighted by atomic mass is 10.0. The summed E-state index contributed by atoms with van der Waals surface area (Å²) in [5.74, 6) is 2.62. The molecule has 0 aliphatic heterocycles. The second kappa shape index (κ2) is 7.77. The summed E-state index contributed by atoms with van der Waals surface area (Å²) in [6.07, 6.45) is 10.4. The van der Waals surface area contributed by atoms with Gasteiger partial charge in [0.15, 0.2) is 0 Å². The minimum atomic E-state index is -0.0105. The van der Waals surface area contributed by atoms with E-state index in [9.17, 15) is 0 Å². The molecule has 0 saturated carbocycles. The summed E-state index contributed by atoms with van der Waals surface area (Å²) >= 11 is 0. The molecule has 2 N–H and O–H groups in total. The molecule has 0 aromatic carbocycles. The highest BCUT2D eigenvalue weighted by Crippen LogP contribution is 2.06. The van der Waals surface area contributed by atoms with Gasteiger partial charge in [0.05, 0.1) is 6.21 Å².